The average molecular weight is 110 g/mol. The predicted octanol–water partition coefficient (Wildman–Crippen LogP) is -3.79. The first kappa shape index (κ1) is 9.45. The molecule has 0 saturated carbocycles. The molecule has 0 radical (unpaired) electrons. The molecule has 0 aromatic heterocycles. The molecule has 6 heteroatoms. The molecule has 0 aromatic carbocycles. The van der Waals surface area contributed by atoms with Crippen LogP contribution in [0, 0.1) is 0 Å². The second kappa shape index (κ2) is 8.93. The Morgan fingerprint density at radius 3 is 1.00 bits per heavy atom. The first-order valence-corrected chi connectivity index (χ1v) is 2.12. The standard InChI is InChI=1S/BH3O3.H4OSi/c2-1(3)4;1-2/h2-4H;1H,2H3. The molecule has 4 N–H and O–H groups in total. The van der Waals surface area contributed by atoms with Crippen LogP contribution in [-0.4, -0.2) is 37.7 Å². The molecule has 0 aromatic rings. The molecule has 0 heterocycles. The molecule has 0 aliphatic rings. The number of hydrogen-bond donors (Lipinski definition) is 4. The Morgan fingerprint density at radius 1 is 1.00 bits per heavy atom. The van der Waals surface area contributed by atoms with Crippen molar-refractivity contribution in [2.24, 2.45) is 0 Å². The summed E-state index contributed by atoms with van der Waals surface area (Å²) in [5.41, 5.74) is 0. The topological polar surface area (TPSA) is 80.9 Å². The Kier molecular flexibility index (Phi) is 14.1. The van der Waals surface area contributed by atoms with Crippen molar-refractivity contribution in [2.75, 3.05) is 0 Å². The van der Waals surface area contributed by atoms with E-state index in [0.29, 0.717) is 10.5 Å². The summed E-state index contributed by atoms with van der Waals surface area (Å²) >= 11 is 0. The first-order valence-electron chi connectivity index (χ1n) is 1.22. The van der Waals surface area contributed by atoms with E-state index >= 15 is 0 Å². The quantitative estimate of drug-likeness (QED) is 0.241. The van der Waals surface area contributed by atoms with E-state index in [9.17, 15) is 0 Å². The van der Waals surface area contributed by atoms with Gasteiger partial charge in [0.1, 0.15) is 10.5 Å². The van der Waals surface area contributed by atoms with Gasteiger partial charge in [-0.15, -0.1) is 0 Å². The third-order valence-electron chi connectivity index (χ3n) is 0. The van der Waals surface area contributed by atoms with E-state index in [1.807, 2.05) is 0 Å². The highest BCUT2D eigenvalue weighted by molar-refractivity contribution is 6.30. The van der Waals surface area contributed by atoms with Crippen molar-refractivity contribution in [3.8, 4) is 0 Å². The van der Waals surface area contributed by atoms with Gasteiger partial charge in [0.15, 0.2) is 0 Å². The Balaban J connectivity index is 0. The molecule has 0 saturated heterocycles. The summed E-state index contributed by atoms with van der Waals surface area (Å²) < 4.78 is 0. The SMILES string of the molecule is OB(O)O.O[SiH3]. The van der Waals surface area contributed by atoms with Crippen LogP contribution in [-0.2, 0) is 0 Å². The fourth-order valence-electron chi connectivity index (χ4n) is 0. The third kappa shape index (κ3) is 2710. The summed E-state index contributed by atoms with van der Waals surface area (Å²) in [5.74, 6) is 0. The van der Waals surface area contributed by atoms with Gasteiger partial charge in [0.25, 0.3) is 0 Å². The van der Waals surface area contributed by atoms with E-state index in [2.05, 4.69) is 0 Å². The van der Waals surface area contributed by atoms with Crippen LogP contribution in [0.4, 0.5) is 0 Å². The van der Waals surface area contributed by atoms with Crippen LogP contribution < -0.4 is 0 Å². The highest BCUT2D eigenvalue weighted by Gasteiger charge is 1.92. The van der Waals surface area contributed by atoms with Crippen molar-refractivity contribution < 1.29 is 19.9 Å². The monoisotopic (exact) mass is 110 g/mol. The van der Waals surface area contributed by atoms with Crippen molar-refractivity contribution in [3.05, 3.63) is 0 Å². The normalized spacial score (nSPS) is 6.00. The highest BCUT2D eigenvalue weighted by atomic mass is 28.2. The molecule has 0 rings (SSSR count). The summed E-state index contributed by atoms with van der Waals surface area (Å²) in [7, 11) is -1.86. The van der Waals surface area contributed by atoms with Crippen LogP contribution in [0.5, 0.6) is 0 Å². The maximum atomic E-state index is 7.17. The van der Waals surface area contributed by atoms with Gasteiger partial charge in [-0.2, -0.15) is 0 Å². The van der Waals surface area contributed by atoms with Crippen LogP contribution >= 0.6 is 0 Å². The van der Waals surface area contributed by atoms with Gasteiger partial charge in [-0.25, -0.2) is 0 Å². The molecule has 0 bridgehead atoms. The fourth-order valence-corrected chi connectivity index (χ4v) is 0. The molecule has 0 spiro atoms. The van der Waals surface area contributed by atoms with E-state index < -0.39 is 7.32 Å². The first-order chi connectivity index (χ1) is 2.73. The molecule has 0 aliphatic heterocycles. The second-order valence-corrected chi connectivity index (χ2v) is 0.346. The van der Waals surface area contributed by atoms with Crippen LogP contribution in [0.15, 0.2) is 0 Å². The third-order valence-corrected chi connectivity index (χ3v) is 0. The average Bonchev–Trinajstić information content (AvgIpc) is 1.41. The van der Waals surface area contributed by atoms with E-state index in [1.54, 1.807) is 0 Å². The van der Waals surface area contributed by atoms with Crippen LogP contribution in [0.25, 0.3) is 0 Å². The van der Waals surface area contributed by atoms with Crippen LogP contribution in [0.3, 0.4) is 0 Å². The van der Waals surface area contributed by atoms with Crippen LogP contribution in [0.2, 0.25) is 0 Å². The van der Waals surface area contributed by atoms with Crippen LogP contribution in [0.1, 0.15) is 0 Å². The predicted molar refractivity (Wildman–Crippen MR) is 24.6 cm³/mol. The van der Waals surface area contributed by atoms with Gasteiger partial charge in [0.05, 0.1) is 0 Å². The van der Waals surface area contributed by atoms with Gasteiger partial charge in [-0.05, 0) is 0 Å². The molecular weight excluding hydrogens is 103 g/mol. The summed E-state index contributed by atoms with van der Waals surface area (Å²) in [6.07, 6.45) is 0. The fraction of sp³-hybridized carbons (Fsp3) is 0. The molecule has 0 aliphatic carbocycles. The Morgan fingerprint density at radius 2 is 1.00 bits per heavy atom. The van der Waals surface area contributed by atoms with Gasteiger partial charge in [0, 0.05) is 0 Å². The van der Waals surface area contributed by atoms with Gasteiger partial charge in [-0.3, -0.25) is 0 Å². The molecule has 0 fully saturated rings. The van der Waals surface area contributed by atoms with E-state index in [1.165, 1.54) is 0 Å². The van der Waals surface area contributed by atoms with Gasteiger partial charge < -0.3 is 19.9 Å². The van der Waals surface area contributed by atoms with Crippen molar-refractivity contribution >= 4 is 17.8 Å². The van der Waals surface area contributed by atoms with E-state index in [-0.39, 0.29) is 0 Å². The highest BCUT2D eigenvalue weighted by Crippen LogP contribution is 1.40. The molecule has 0 unspecified atom stereocenters. The molecule has 38 valence electrons. The maximum Gasteiger partial charge on any atom is 0.631 e. The summed E-state index contributed by atoms with van der Waals surface area (Å²) in [6, 6.07) is 0. The smallest absolute Gasteiger partial charge is 0.442 e. The Bertz CT molecular complexity index is 12.3. The summed E-state index contributed by atoms with van der Waals surface area (Å²) in [6.45, 7) is 0. The van der Waals surface area contributed by atoms with E-state index in [4.69, 9.17) is 19.9 Å². The zero-order valence-electron chi connectivity index (χ0n) is 3.37. The minimum Gasteiger partial charge on any atom is -0.442 e. The number of rotatable bonds is 0. The van der Waals surface area contributed by atoms with Crippen molar-refractivity contribution in [1.29, 1.82) is 0 Å². The van der Waals surface area contributed by atoms with Crippen molar-refractivity contribution in [1.82, 2.24) is 0 Å². The Labute approximate surface area is 38.8 Å². The molecular formula is H7BO4Si. The van der Waals surface area contributed by atoms with Crippen molar-refractivity contribution in [3.63, 3.8) is 0 Å². The maximum absolute atomic E-state index is 7.17. The molecule has 4 nitrogen and oxygen atoms in total. The summed E-state index contributed by atoms with van der Waals surface area (Å²) in [5, 5.41) is 21.5. The minimum atomic E-state index is -2.17. The lowest BCUT2D eigenvalue weighted by Crippen LogP contribution is -2.07. The molecule has 0 atom stereocenters. The molecule has 0 amide bonds. The lowest BCUT2D eigenvalue weighted by molar-refractivity contribution is 0.278. The second-order valence-electron chi connectivity index (χ2n) is 0.346. The lowest BCUT2D eigenvalue weighted by Gasteiger charge is -1.69. The van der Waals surface area contributed by atoms with Crippen molar-refractivity contribution in [2.45, 2.75) is 0 Å². The largest absolute Gasteiger partial charge is 0.631 e. The molecule has 6 heavy (non-hydrogen) atoms. The van der Waals surface area contributed by atoms with E-state index in [0.717, 1.165) is 0 Å². The number of hydrogen-bond acceptors (Lipinski definition) is 4. The zero-order chi connectivity index (χ0) is 5.58. The van der Waals surface area contributed by atoms with Gasteiger partial charge >= 0.3 is 7.32 Å². The lowest BCUT2D eigenvalue weighted by atomic mass is 10.3. The minimum absolute atomic E-state index is 0.306. The van der Waals surface area contributed by atoms with Gasteiger partial charge in [-0.1, -0.05) is 0 Å². The zero-order valence-corrected chi connectivity index (χ0v) is 5.37. The summed E-state index contributed by atoms with van der Waals surface area (Å²) in [4.78, 5) is 7.14. The Hall–Kier alpha value is 0.122. The van der Waals surface area contributed by atoms with Gasteiger partial charge in [0.2, 0.25) is 0 Å².